The summed E-state index contributed by atoms with van der Waals surface area (Å²) in [7, 11) is 0. The van der Waals surface area contributed by atoms with Crippen molar-refractivity contribution < 1.29 is 4.74 Å². The first-order valence-corrected chi connectivity index (χ1v) is 4.85. The highest BCUT2D eigenvalue weighted by atomic mass is 16.5. The van der Waals surface area contributed by atoms with Gasteiger partial charge in [0.1, 0.15) is 0 Å². The van der Waals surface area contributed by atoms with Gasteiger partial charge in [-0.3, -0.25) is 0 Å². The zero-order valence-electron chi connectivity index (χ0n) is 8.73. The summed E-state index contributed by atoms with van der Waals surface area (Å²) >= 11 is 0. The van der Waals surface area contributed by atoms with Crippen molar-refractivity contribution in [2.75, 3.05) is 6.61 Å². The summed E-state index contributed by atoms with van der Waals surface area (Å²) in [6.45, 7) is 11.2. The SMILES string of the molecule is C=COCCC(C)(C)CCCC. The van der Waals surface area contributed by atoms with E-state index in [2.05, 4.69) is 27.4 Å². The van der Waals surface area contributed by atoms with Crippen LogP contribution in [0.1, 0.15) is 46.5 Å². The fourth-order valence-corrected chi connectivity index (χ4v) is 1.20. The molecule has 0 rings (SSSR count). The van der Waals surface area contributed by atoms with E-state index in [1.807, 2.05) is 0 Å². The van der Waals surface area contributed by atoms with Gasteiger partial charge in [0.2, 0.25) is 0 Å². The molecule has 0 atom stereocenters. The lowest BCUT2D eigenvalue weighted by atomic mass is 9.84. The first-order chi connectivity index (χ1) is 5.62. The molecule has 0 N–H and O–H groups in total. The van der Waals surface area contributed by atoms with Gasteiger partial charge in [0.25, 0.3) is 0 Å². The number of hydrogen-bond acceptors (Lipinski definition) is 1. The van der Waals surface area contributed by atoms with Crippen LogP contribution >= 0.6 is 0 Å². The minimum Gasteiger partial charge on any atom is -0.502 e. The maximum absolute atomic E-state index is 5.11. The fraction of sp³-hybridized carbons (Fsp3) is 0.818. The number of unbranched alkanes of at least 4 members (excludes halogenated alkanes) is 1. The van der Waals surface area contributed by atoms with Crippen LogP contribution < -0.4 is 0 Å². The van der Waals surface area contributed by atoms with E-state index >= 15 is 0 Å². The zero-order valence-corrected chi connectivity index (χ0v) is 8.73. The van der Waals surface area contributed by atoms with Crippen molar-refractivity contribution in [3.05, 3.63) is 12.8 Å². The first kappa shape index (κ1) is 11.5. The van der Waals surface area contributed by atoms with E-state index in [1.54, 1.807) is 0 Å². The maximum atomic E-state index is 5.11. The second-order valence-corrected chi connectivity index (χ2v) is 4.06. The van der Waals surface area contributed by atoms with E-state index < -0.39 is 0 Å². The molecule has 0 amide bonds. The van der Waals surface area contributed by atoms with E-state index in [1.165, 1.54) is 25.5 Å². The van der Waals surface area contributed by atoms with E-state index in [-0.39, 0.29) is 0 Å². The third-order valence-corrected chi connectivity index (χ3v) is 2.22. The molecule has 1 nitrogen and oxygen atoms in total. The van der Waals surface area contributed by atoms with Crippen molar-refractivity contribution in [1.82, 2.24) is 0 Å². The van der Waals surface area contributed by atoms with Crippen LogP contribution in [0.4, 0.5) is 0 Å². The molecule has 0 aromatic carbocycles. The van der Waals surface area contributed by atoms with E-state index in [4.69, 9.17) is 4.74 Å². The topological polar surface area (TPSA) is 9.23 Å². The van der Waals surface area contributed by atoms with Gasteiger partial charge in [-0.25, -0.2) is 0 Å². The predicted molar refractivity (Wildman–Crippen MR) is 54.1 cm³/mol. The van der Waals surface area contributed by atoms with Crippen molar-refractivity contribution in [3.8, 4) is 0 Å². The lowest BCUT2D eigenvalue weighted by Crippen LogP contribution is -2.13. The lowest BCUT2D eigenvalue weighted by molar-refractivity contribution is 0.178. The third-order valence-electron chi connectivity index (χ3n) is 2.22. The molecule has 0 saturated carbocycles. The van der Waals surface area contributed by atoms with Gasteiger partial charge >= 0.3 is 0 Å². The minimum absolute atomic E-state index is 0.430. The van der Waals surface area contributed by atoms with Crippen LogP contribution in [0.3, 0.4) is 0 Å². The first-order valence-electron chi connectivity index (χ1n) is 4.85. The molecular formula is C11H22O. The van der Waals surface area contributed by atoms with Crippen molar-refractivity contribution >= 4 is 0 Å². The summed E-state index contributed by atoms with van der Waals surface area (Å²) in [5.41, 5.74) is 0.430. The summed E-state index contributed by atoms with van der Waals surface area (Å²) in [6, 6.07) is 0. The Morgan fingerprint density at radius 3 is 2.50 bits per heavy atom. The molecule has 1 heteroatoms. The molecular weight excluding hydrogens is 148 g/mol. The van der Waals surface area contributed by atoms with Crippen molar-refractivity contribution in [3.63, 3.8) is 0 Å². The summed E-state index contributed by atoms with van der Waals surface area (Å²) < 4.78 is 5.11. The van der Waals surface area contributed by atoms with Crippen LogP contribution in [0.15, 0.2) is 12.8 Å². The van der Waals surface area contributed by atoms with Gasteiger partial charge in [0.05, 0.1) is 12.9 Å². The number of hydrogen-bond donors (Lipinski definition) is 0. The highest BCUT2D eigenvalue weighted by molar-refractivity contribution is 4.68. The molecule has 0 aliphatic rings. The Balaban J connectivity index is 3.48. The molecule has 0 aromatic rings. The quantitative estimate of drug-likeness (QED) is 0.417. The summed E-state index contributed by atoms with van der Waals surface area (Å²) in [5, 5.41) is 0. The molecule has 0 bridgehead atoms. The van der Waals surface area contributed by atoms with Gasteiger partial charge < -0.3 is 4.74 Å². The van der Waals surface area contributed by atoms with Gasteiger partial charge in [-0.1, -0.05) is 40.2 Å². The maximum Gasteiger partial charge on any atom is 0.0878 e. The molecule has 0 spiro atoms. The van der Waals surface area contributed by atoms with Crippen LogP contribution in [0.2, 0.25) is 0 Å². The molecule has 0 saturated heterocycles. The van der Waals surface area contributed by atoms with Crippen molar-refractivity contribution in [1.29, 1.82) is 0 Å². The van der Waals surface area contributed by atoms with Gasteiger partial charge in [-0.05, 0) is 18.3 Å². The highest BCUT2D eigenvalue weighted by Crippen LogP contribution is 2.27. The summed E-state index contributed by atoms with van der Waals surface area (Å²) in [4.78, 5) is 0. The largest absolute Gasteiger partial charge is 0.502 e. The van der Waals surface area contributed by atoms with Crippen LogP contribution in [-0.2, 0) is 4.74 Å². The smallest absolute Gasteiger partial charge is 0.0878 e. The van der Waals surface area contributed by atoms with Crippen LogP contribution in [0.25, 0.3) is 0 Å². The number of rotatable bonds is 7. The van der Waals surface area contributed by atoms with Crippen LogP contribution in [0.5, 0.6) is 0 Å². The molecule has 0 unspecified atom stereocenters. The molecule has 0 radical (unpaired) electrons. The van der Waals surface area contributed by atoms with E-state index in [0.717, 1.165) is 13.0 Å². The fourth-order valence-electron chi connectivity index (χ4n) is 1.20. The van der Waals surface area contributed by atoms with Gasteiger partial charge in [0, 0.05) is 0 Å². The van der Waals surface area contributed by atoms with Crippen LogP contribution in [0, 0.1) is 5.41 Å². The summed E-state index contributed by atoms with van der Waals surface area (Å²) in [5.74, 6) is 0. The Morgan fingerprint density at radius 1 is 1.33 bits per heavy atom. The van der Waals surface area contributed by atoms with Gasteiger partial charge in [-0.2, -0.15) is 0 Å². The Labute approximate surface area is 76.8 Å². The second-order valence-electron chi connectivity index (χ2n) is 4.06. The normalized spacial score (nSPS) is 11.2. The van der Waals surface area contributed by atoms with Crippen LogP contribution in [-0.4, -0.2) is 6.61 Å². The Kier molecular flexibility index (Phi) is 5.87. The molecule has 12 heavy (non-hydrogen) atoms. The predicted octanol–water partition coefficient (Wildman–Crippen LogP) is 3.75. The average molecular weight is 170 g/mol. The number of ether oxygens (including phenoxy) is 1. The molecule has 0 heterocycles. The molecule has 0 fully saturated rings. The molecule has 72 valence electrons. The molecule has 0 aromatic heterocycles. The zero-order chi connectivity index (χ0) is 9.45. The summed E-state index contributed by atoms with van der Waals surface area (Å²) in [6.07, 6.45) is 6.55. The lowest BCUT2D eigenvalue weighted by Gasteiger charge is -2.23. The standard InChI is InChI=1S/C11H22O/c1-5-7-8-11(3,4)9-10-12-6-2/h6H,2,5,7-10H2,1,3-4H3. The van der Waals surface area contributed by atoms with E-state index in [0.29, 0.717) is 5.41 Å². The Morgan fingerprint density at radius 2 is 2.00 bits per heavy atom. The van der Waals surface area contributed by atoms with Gasteiger partial charge in [-0.15, -0.1) is 0 Å². The highest BCUT2D eigenvalue weighted by Gasteiger charge is 2.16. The molecule has 0 aliphatic carbocycles. The third kappa shape index (κ3) is 6.26. The van der Waals surface area contributed by atoms with Crippen molar-refractivity contribution in [2.45, 2.75) is 46.5 Å². The van der Waals surface area contributed by atoms with Gasteiger partial charge in [0.15, 0.2) is 0 Å². The minimum atomic E-state index is 0.430. The second kappa shape index (κ2) is 6.10. The monoisotopic (exact) mass is 170 g/mol. The Hall–Kier alpha value is -0.460. The van der Waals surface area contributed by atoms with E-state index in [9.17, 15) is 0 Å². The average Bonchev–Trinajstić information content (AvgIpc) is 2.01. The van der Waals surface area contributed by atoms with Crippen molar-refractivity contribution in [2.24, 2.45) is 5.41 Å². The Bertz CT molecular complexity index is 116. The molecule has 0 aliphatic heterocycles.